The van der Waals surface area contributed by atoms with Crippen LogP contribution in [0.5, 0.6) is 5.75 Å². The van der Waals surface area contributed by atoms with Crippen LogP contribution in [-0.4, -0.2) is 162 Å². The number of nitrogens with zero attached hydrogens (tertiary/aromatic N) is 3. The summed E-state index contributed by atoms with van der Waals surface area (Å²) in [5.41, 5.74) is 33.1. The summed E-state index contributed by atoms with van der Waals surface area (Å²) >= 11 is 0. The van der Waals surface area contributed by atoms with Crippen molar-refractivity contribution in [2.24, 2.45) is 0 Å². The van der Waals surface area contributed by atoms with Crippen LogP contribution < -0.4 is 92.1 Å². The monoisotopic (exact) mass is 856 g/mol. The van der Waals surface area contributed by atoms with E-state index in [2.05, 4.69) is 200 Å². The molecular formula is C46H47B18N3O. The fourth-order valence-corrected chi connectivity index (χ4v) is 13.1. The molecule has 0 fully saturated rings. The summed E-state index contributed by atoms with van der Waals surface area (Å²) in [5.74, 6) is 1.62. The Bertz CT molecular complexity index is 3810. The molecule has 22 heteroatoms. The van der Waals surface area contributed by atoms with Gasteiger partial charge >= 0.3 is 0 Å². The normalized spacial score (nSPS) is 15.8. The lowest BCUT2D eigenvalue weighted by Gasteiger charge is -2.35. The van der Waals surface area contributed by atoms with Gasteiger partial charge in [-0.15, -0.1) is 27.3 Å². The highest BCUT2D eigenvalue weighted by Crippen LogP contribution is 2.53. The number of aromatic nitrogens is 3. The van der Waals surface area contributed by atoms with Crippen molar-refractivity contribution < 1.29 is 4.74 Å². The van der Waals surface area contributed by atoms with Crippen LogP contribution in [0.1, 0.15) is 17.3 Å². The van der Waals surface area contributed by atoms with Gasteiger partial charge in [-0.2, -0.15) is 0 Å². The first kappa shape index (κ1) is 45.1. The van der Waals surface area contributed by atoms with Crippen molar-refractivity contribution in [2.75, 3.05) is 0 Å². The van der Waals surface area contributed by atoms with Crippen LogP contribution in [0, 0.1) is 0 Å². The van der Waals surface area contributed by atoms with Crippen LogP contribution in [0.3, 0.4) is 0 Å². The first-order chi connectivity index (χ1) is 32.3. The van der Waals surface area contributed by atoms with E-state index in [1.165, 1.54) is 153 Å². The Hall–Kier alpha value is -5.35. The van der Waals surface area contributed by atoms with E-state index in [0.717, 1.165) is 39.3 Å². The van der Waals surface area contributed by atoms with E-state index in [1.54, 1.807) is 0 Å². The number of ether oxygens (including phenoxy) is 1. The Morgan fingerprint density at radius 2 is 0.868 bits per heavy atom. The van der Waals surface area contributed by atoms with Crippen LogP contribution in [0.25, 0.3) is 76.8 Å². The minimum atomic E-state index is -0.354. The molecule has 9 aromatic rings. The zero-order valence-corrected chi connectivity index (χ0v) is 43.6. The first-order valence-electron chi connectivity index (χ1n) is 24.7. The van der Waals surface area contributed by atoms with Crippen molar-refractivity contribution in [2.45, 2.75) is 12.0 Å². The molecule has 7 aromatic carbocycles. The maximum absolute atomic E-state index is 7.77. The third-order valence-electron chi connectivity index (χ3n) is 18.2. The van der Waals surface area contributed by atoms with Crippen LogP contribution in [-0.2, 0) is 0 Å². The Balaban J connectivity index is 1.39. The molecule has 68 heavy (non-hydrogen) atoms. The van der Waals surface area contributed by atoms with E-state index in [4.69, 9.17) is 14.7 Å². The molecule has 306 valence electrons. The molecule has 0 bridgehead atoms. The Morgan fingerprint density at radius 1 is 0.412 bits per heavy atom. The largest absolute Gasteiger partial charge is 0.484 e. The lowest BCUT2D eigenvalue weighted by molar-refractivity contribution is 0.276. The summed E-state index contributed by atoms with van der Waals surface area (Å²) in [4.78, 5) is 11.1. The molecule has 4 nitrogen and oxygen atoms in total. The number of rotatable bonds is 3. The van der Waals surface area contributed by atoms with Crippen LogP contribution in [0.2, 0.25) is 0 Å². The van der Waals surface area contributed by atoms with E-state index < -0.39 is 0 Å². The third-order valence-corrected chi connectivity index (χ3v) is 18.2. The van der Waals surface area contributed by atoms with Gasteiger partial charge in [0.05, 0.1) is 22.8 Å². The highest BCUT2D eigenvalue weighted by molar-refractivity contribution is 6.75. The second-order valence-electron chi connectivity index (χ2n) is 20.9. The fourth-order valence-electron chi connectivity index (χ4n) is 13.1. The quantitative estimate of drug-likeness (QED) is 0.166. The van der Waals surface area contributed by atoms with Gasteiger partial charge in [-0.1, -0.05) is 120 Å². The molecule has 2 atom stereocenters. The third kappa shape index (κ3) is 5.75. The van der Waals surface area contributed by atoms with Crippen molar-refractivity contribution in [1.29, 1.82) is 0 Å². The van der Waals surface area contributed by atoms with E-state index in [1.807, 2.05) is 0 Å². The number of benzene rings is 7. The van der Waals surface area contributed by atoms with Gasteiger partial charge in [0.25, 0.3) is 0 Å². The maximum Gasteiger partial charge on any atom is 0.156 e. The van der Waals surface area contributed by atoms with E-state index in [9.17, 15) is 0 Å². The Labute approximate surface area is 417 Å². The van der Waals surface area contributed by atoms with Crippen molar-refractivity contribution >= 4 is 294 Å². The minimum absolute atomic E-state index is 0.162. The maximum atomic E-state index is 7.77. The van der Waals surface area contributed by atoms with Crippen LogP contribution in [0.4, 0.5) is 0 Å². The zero-order valence-electron chi connectivity index (χ0n) is 43.6. The molecule has 0 radical (unpaired) electrons. The molecule has 0 saturated carbocycles. The lowest BCUT2D eigenvalue weighted by atomic mass is 9.60. The van der Waals surface area contributed by atoms with Crippen molar-refractivity contribution in [3.8, 4) is 17.0 Å². The number of para-hydroxylation sites is 1. The van der Waals surface area contributed by atoms with Crippen molar-refractivity contribution in [3.63, 3.8) is 0 Å². The Morgan fingerprint density at radius 3 is 1.41 bits per heavy atom. The summed E-state index contributed by atoms with van der Waals surface area (Å²) in [6.07, 6.45) is -0.354. The van der Waals surface area contributed by atoms with E-state index >= 15 is 0 Å². The molecule has 0 saturated heterocycles. The summed E-state index contributed by atoms with van der Waals surface area (Å²) in [6, 6.07) is 19.1. The molecule has 0 spiro atoms. The predicted octanol–water partition coefficient (Wildman–Crippen LogP) is -18.8. The minimum Gasteiger partial charge on any atom is -0.484 e. The molecule has 2 aromatic heterocycles. The second kappa shape index (κ2) is 15.6. The topological polar surface area (TPSA) is 39.9 Å². The summed E-state index contributed by atoms with van der Waals surface area (Å²) in [7, 11) is 42.0. The predicted molar refractivity (Wildman–Crippen MR) is 351 cm³/mol. The summed E-state index contributed by atoms with van der Waals surface area (Å²) in [5, 5.41) is 9.35. The number of fused-ring (bicyclic) bond motifs is 11. The van der Waals surface area contributed by atoms with E-state index in [-0.39, 0.29) is 12.0 Å². The average Bonchev–Trinajstić information content (AvgIpc) is 3.90. The van der Waals surface area contributed by atoms with Gasteiger partial charge < -0.3 is 9.30 Å². The van der Waals surface area contributed by atoms with Gasteiger partial charge in [0.1, 0.15) is 153 Å². The molecule has 0 N–H and O–H groups in total. The zero-order chi connectivity index (χ0) is 48.4. The summed E-state index contributed by atoms with van der Waals surface area (Å²) < 4.78 is 10.5. The van der Waals surface area contributed by atoms with Crippen LogP contribution in [0.15, 0.2) is 65.5 Å². The standard InChI is InChI=1S/C46H47B18N3O/c47-22-13-15-16-14-19(25(50)33(58)31(56)23(14)48)27(52)37(62)42(16)67(41(15)36(61)26(51)18(13)24(49)32(57)30(22)55)43-38(63)29(54)21(17-20-28(53)34(59)35(60)39(64)44(20)68-45(17)43)46-65-12-9-5-4-8-11(12)40(66-46)10-6-2-1-3-7-10/h1-9,17,45H,47-64H2. The van der Waals surface area contributed by atoms with Gasteiger partial charge in [-0.3, -0.25) is 0 Å². The van der Waals surface area contributed by atoms with E-state index in [0.29, 0.717) is 0 Å². The molecule has 11 rings (SSSR count). The van der Waals surface area contributed by atoms with Gasteiger partial charge in [0.2, 0.25) is 0 Å². The van der Waals surface area contributed by atoms with Crippen molar-refractivity contribution in [1.82, 2.24) is 14.5 Å². The van der Waals surface area contributed by atoms with Crippen molar-refractivity contribution in [3.05, 3.63) is 76.9 Å². The highest BCUT2D eigenvalue weighted by atomic mass is 16.5. The van der Waals surface area contributed by atoms with Gasteiger partial charge in [-0.05, 0) is 33.2 Å². The second-order valence-corrected chi connectivity index (χ2v) is 20.9. The van der Waals surface area contributed by atoms with Gasteiger partial charge in [-0.25, -0.2) is 9.97 Å². The van der Waals surface area contributed by atoms with Crippen LogP contribution >= 0.6 is 0 Å². The molecule has 1 aliphatic carbocycles. The Kier molecular flexibility index (Phi) is 10.3. The molecule has 1 aliphatic heterocycles. The average molecular weight is 853 g/mol. The molecule has 0 amide bonds. The molecule has 2 unspecified atom stereocenters. The van der Waals surface area contributed by atoms with Gasteiger partial charge in [0.15, 0.2) is 5.82 Å². The first-order valence-corrected chi connectivity index (χ1v) is 24.7. The highest BCUT2D eigenvalue weighted by Gasteiger charge is 2.48. The molecule has 2 aliphatic rings. The number of allylic oxidation sites excluding steroid dienone is 2. The summed E-state index contributed by atoms with van der Waals surface area (Å²) in [6.45, 7) is 0. The fraction of sp³-hybridized carbons (Fsp3) is 0.0435. The smallest absolute Gasteiger partial charge is 0.156 e. The molecule has 3 heterocycles. The SMILES string of the molecule is BC1=C(c2nc(-c3ccccc3)c3ccccc3n2)C2c3c(B)c(B)c(B)c(B)c3OC2C(n2c3c(B)c(B)c4c(B)c(B)c(B)c(B)c4c3c3c4c(B)c(B)c(B)c(B)c4c(B)c(B)c32)=C1B. The lowest BCUT2D eigenvalue weighted by Crippen LogP contribution is -2.50. The number of hydrogen-bond acceptors (Lipinski definition) is 3. The number of hydrogen-bond donors (Lipinski definition) is 0. The van der Waals surface area contributed by atoms with Gasteiger partial charge in [0, 0.05) is 38.3 Å². The molecular weight excluding hydrogens is 805 g/mol.